The van der Waals surface area contributed by atoms with Crippen LogP contribution in [0.4, 0.5) is 0 Å². The van der Waals surface area contributed by atoms with Crippen molar-refractivity contribution in [1.29, 1.82) is 0 Å². The van der Waals surface area contributed by atoms with Gasteiger partial charge in [-0.05, 0) is 50.3 Å². The topological polar surface area (TPSA) is 58.2 Å². The minimum Gasteiger partial charge on any atom is -0.312 e. The quantitative estimate of drug-likeness (QED) is 0.897. The monoisotopic (exact) mass is 316 g/mol. The molecule has 0 bridgehead atoms. The molecule has 6 heteroatoms. The van der Waals surface area contributed by atoms with E-state index in [2.05, 4.69) is 23.9 Å². The van der Waals surface area contributed by atoms with E-state index < -0.39 is 10.0 Å². The molecule has 2 N–H and O–H groups in total. The lowest BCUT2D eigenvalue weighted by molar-refractivity contribution is 0.182. The van der Waals surface area contributed by atoms with E-state index in [0.29, 0.717) is 10.8 Å². The summed E-state index contributed by atoms with van der Waals surface area (Å²) in [6.07, 6.45) is 2.28. The average Bonchev–Trinajstić information content (AvgIpc) is 2.67. The van der Waals surface area contributed by atoms with Crippen molar-refractivity contribution in [2.24, 2.45) is 5.41 Å². The second kappa shape index (κ2) is 5.75. The van der Waals surface area contributed by atoms with Gasteiger partial charge in [0.15, 0.2) is 0 Å². The Morgan fingerprint density at radius 2 is 2.15 bits per heavy atom. The molecule has 0 amide bonds. The maximum Gasteiger partial charge on any atom is 0.250 e. The summed E-state index contributed by atoms with van der Waals surface area (Å²) in [6, 6.07) is 2.11. The largest absolute Gasteiger partial charge is 0.312 e. The number of nitrogens with one attached hydrogen (secondary N) is 2. The number of sulfonamides is 1. The van der Waals surface area contributed by atoms with Crippen LogP contribution in [0.3, 0.4) is 0 Å². The summed E-state index contributed by atoms with van der Waals surface area (Å²) in [7, 11) is -3.39. The number of hydrogen-bond acceptors (Lipinski definition) is 4. The molecule has 1 fully saturated rings. The third kappa shape index (κ3) is 3.42. The van der Waals surface area contributed by atoms with Crippen molar-refractivity contribution in [2.45, 2.75) is 50.8 Å². The number of piperidine rings is 1. The summed E-state index contributed by atoms with van der Waals surface area (Å²) >= 11 is 1.34. The molecular weight excluding hydrogens is 292 g/mol. The van der Waals surface area contributed by atoms with Crippen molar-refractivity contribution in [3.8, 4) is 0 Å². The van der Waals surface area contributed by atoms with Crippen molar-refractivity contribution in [1.82, 2.24) is 10.0 Å². The highest BCUT2D eigenvalue weighted by atomic mass is 32.2. The van der Waals surface area contributed by atoms with Crippen molar-refractivity contribution >= 4 is 21.4 Å². The van der Waals surface area contributed by atoms with Gasteiger partial charge in [-0.15, -0.1) is 11.3 Å². The lowest BCUT2D eigenvalue weighted by Crippen LogP contribution is -2.52. The van der Waals surface area contributed by atoms with E-state index in [1.165, 1.54) is 11.3 Å². The normalized spacial score (nSPS) is 22.9. The molecule has 1 unspecified atom stereocenters. The molecule has 1 aliphatic rings. The number of thiophene rings is 1. The summed E-state index contributed by atoms with van der Waals surface area (Å²) in [4.78, 5) is 1.03. The lowest BCUT2D eigenvalue weighted by atomic mass is 9.78. The first-order chi connectivity index (χ1) is 9.22. The standard InChI is InChI=1S/C14H24N2O2S2/c1-10-8-11(2)19-13(10)20(17,18)16-9-12-14(3,4)6-5-7-15-12/h8,12,15-16H,5-7,9H2,1-4H3. The van der Waals surface area contributed by atoms with Gasteiger partial charge in [0.2, 0.25) is 10.0 Å². The minimum atomic E-state index is -3.39. The third-order valence-electron chi connectivity index (χ3n) is 4.05. The van der Waals surface area contributed by atoms with Crippen LogP contribution in [0.15, 0.2) is 10.3 Å². The maximum atomic E-state index is 12.4. The number of aryl methyl sites for hydroxylation is 2. The fourth-order valence-electron chi connectivity index (χ4n) is 2.76. The van der Waals surface area contributed by atoms with Crippen molar-refractivity contribution in [3.05, 3.63) is 16.5 Å². The van der Waals surface area contributed by atoms with Crippen molar-refractivity contribution in [2.75, 3.05) is 13.1 Å². The molecule has 114 valence electrons. The van der Waals surface area contributed by atoms with Crippen LogP contribution in [0.5, 0.6) is 0 Å². The molecule has 2 heterocycles. The van der Waals surface area contributed by atoms with E-state index in [4.69, 9.17) is 0 Å². The lowest BCUT2D eigenvalue weighted by Gasteiger charge is -2.39. The fraction of sp³-hybridized carbons (Fsp3) is 0.714. The van der Waals surface area contributed by atoms with Crippen LogP contribution in [-0.2, 0) is 10.0 Å². The minimum absolute atomic E-state index is 0.126. The molecule has 0 aliphatic carbocycles. The molecule has 0 spiro atoms. The van der Waals surface area contributed by atoms with Gasteiger partial charge in [-0.2, -0.15) is 0 Å². The fourth-order valence-corrected chi connectivity index (χ4v) is 5.52. The summed E-state index contributed by atoms with van der Waals surface area (Å²) < 4.78 is 28.0. The van der Waals surface area contributed by atoms with Gasteiger partial charge in [-0.25, -0.2) is 13.1 Å². The van der Waals surface area contributed by atoms with Gasteiger partial charge in [0, 0.05) is 17.5 Å². The molecule has 0 saturated carbocycles. The maximum absolute atomic E-state index is 12.4. The first kappa shape index (κ1) is 15.9. The summed E-state index contributed by atoms with van der Waals surface area (Å²) in [5.74, 6) is 0. The third-order valence-corrected chi connectivity index (χ3v) is 7.26. The molecule has 0 radical (unpaired) electrons. The summed E-state index contributed by atoms with van der Waals surface area (Å²) in [6.45, 7) is 9.58. The Balaban J connectivity index is 2.08. The zero-order valence-electron chi connectivity index (χ0n) is 12.6. The molecular formula is C14H24N2O2S2. The zero-order chi connectivity index (χ0) is 15.0. The molecule has 1 aromatic rings. The Labute approximate surface area is 126 Å². The Bertz CT molecular complexity index is 576. The smallest absolute Gasteiger partial charge is 0.250 e. The van der Waals surface area contributed by atoms with Crippen LogP contribution in [0, 0.1) is 19.3 Å². The predicted molar refractivity (Wildman–Crippen MR) is 83.8 cm³/mol. The van der Waals surface area contributed by atoms with E-state index in [1.54, 1.807) is 0 Å². The molecule has 1 saturated heterocycles. The average molecular weight is 316 g/mol. The second-order valence-electron chi connectivity index (χ2n) is 6.28. The number of hydrogen-bond donors (Lipinski definition) is 2. The first-order valence-corrected chi connectivity index (χ1v) is 9.32. The zero-order valence-corrected chi connectivity index (χ0v) is 14.2. The highest BCUT2D eigenvalue weighted by Gasteiger charge is 2.33. The molecule has 0 aromatic carbocycles. The van der Waals surface area contributed by atoms with E-state index in [-0.39, 0.29) is 11.5 Å². The summed E-state index contributed by atoms with van der Waals surface area (Å²) in [5, 5.41) is 3.43. The molecule has 1 aliphatic heterocycles. The van der Waals surface area contributed by atoms with Crippen LogP contribution in [0.2, 0.25) is 0 Å². The first-order valence-electron chi connectivity index (χ1n) is 7.02. The van der Waals surface area contributed by atoms with Crippen molar-refractivity contribution in [3.63, 3.8) is 0 Å². The van der Waals surface area contributed by atoms with Crippen molar-refractivity contribution < 1.29 is 8.42 Å². The molecule has 20 heavy (non-hydrogen) atoms. The second-order valence-corrected chi connectivity index (χ2v) is 9.50. The number of rotatable bonds is 4. The Morgan fingerprint density at radius 3 is 2.70 bits per heavy atom. The van der Waals surface area contributed by atoms with Gasteiger partial charge < -0.3 is 5.32 Å². The predicted octanol–water partition coefficient (Wildman–Crippen LogP) is 2.42. The molecule has 1 atom stereocenters. The van der Waals surface area contributed by atoms with E-state index in [0.717, 1.165) is 29.8 Å². The Hall–Kier alpha value is -0.430. The highest BCUT2D eigenvalue weighted by Crippen LogP contribution is 2.30. The van der Waals surface area contributed by atoms with Crippen LogP contribution in [-0.4, -0.2) is 27.5 Å². The van der Waals surface area contributed by atoms with Gasteiger partial charge in [-0.1, -0.05) is 13.8 Å². The molecule has 4 nitrogen and oxygen atoms in total. The van der Waals surface area contributed by atoms with E-state index >= 15 is 0 Å². The van der Waals surface area contributed by atoms with Crippen LogP contribution in [0.1, 0.15) is 37.1 Å². The van der Waals surface area contributed by atoms with E-state index in [1.807, 2.05) is 19.9 Å². The van der Waals surface area contributed by atoms with Crippen LogP contribution >= 0.6 is 11.3 Å². The Kier molecular flexibility index (Phi) is 4.59. The molecule has 2 rings (SSSR count). The SMILES string of the molecule is Cc1cc(C)c(S(=O)(=O)NCC2NCCCC2(C)C)s1. The molecule has 1 aromatic heterocycles. The van der Waals surface area contributed by atoms with Gasteiger partial charge in [0.25, 0.3) is 0 Å². The van der Waals surface area contributed by atoms with Gasteiger partial charge in [-0.3, -0.25) is 0 Å². The van der Waals surface area contributed by atoms with E-state index in [9.17, 15) is 8.42 Å². The Morgan fingerprint density at radius 1 is 1.45 bits per heavy atom. The highest BCUT2D eigenvalue weighted by molar-refractivity contribution is 7.91. The van der Waals surface area contributed by atoms with Gasteiger partial charge in [0.05, 0.1) is 0 Å². The van der Waals surface area contributed by atoms with Gasteiger partial charge in [0.1, 0.15) is 4.21 Å². The summed E-state index contributed by atoms with van der Waals surface area (Å²) in [5.41, 5.74) is 0.956. The van der Waals surface area contributed by atoms with Crippen LogP contribution < -0.4 is 10.0 Å². The van der Waals surface area contributed by atoms with Gasteiger partial charge >= 0.3 is 0 Å². The van der Waals surface area contributed by atoms with Crippen LogP contribution in [0.25, 0.3) is 0 Å².